The molecular weight excluding hydrogens is 314 g/mol. The van der Waals surface area contributed by atoms with Crippen molar-refractivity contribution >= 4 is 5.91 Å². The van der Waals surface area contributed by atoms with Crippen LogP contribution in [0.3, 0.4) is 0 Å². The van der Waals surface area contributed by atoms with Gasteiger partial charge < -0.3 is 5.32 Å². The van der Waals surface area contributed by atoms with Crippen LogP contribution in [0.5, 0.6) is 0 Å². The largest absolute Gasteiger partial charge is 0.349 e. The molecule has 1 heterocycles. The van der Waals surface area contributed by atoms with Crippen LogP contribution in [0.2, 0.25) is 0 Å². The summed E-state index contributed by atoms with van der Waals surface area (Å²) < 4.78 is 0. The molecule has 130 valence electrons. The molecule has 3 aliphatic rings. The van der Waals surface area contributed by atoms with Crippen LogP contribution < -0.4 is 5.32 Å². The van der Waals surface area contributed by atoms with Gasteiger partial charge in [0.1, 0.15) is 0 Å². The number of carbonyl (C=O) groups is 1. The molecular formula is C19H23N5O. The number of rotatable bonds is 4. The maximum atomic E-state index is 12.8. The smallest absolute Gasteiger partial charge is 0.251 e. The normalized spacial score (nSPS) is 25.5. The topological polar surface area (TPSA) is 83.6 Å². The molecule has 3 aliphatic carbocycles. The minimum Gasteiger partial charge on any atom is -0.349 e. The van der Waals surface area contributed by atoms with Crippen molar-refractivity contribution in [1.29, 1.82) is 0 Å². The number of amides is 1. The van der Waals surface area contributed by atoms with E-state index < -0.39 is 0 Å². The van der Waals surface area contributed by atoms with Gasteiger partial charge in [0.2, 0.25) is 0 Å². The molecule has 1 aromatic carbocycles. The summed E-state index contributed by atoms with van der Waals surface area (Å²) in [7, 11) is 0. The lowest BCUT2D eigenvalue weighted by molar-refractivity contribution is 0.0916. The Labute approximate surface area is 146 Å². The van der Waals surface area contributed by atoms with Gasteiger partial charge in [-0.1, -0.05) is 23.8 Å². The summed E-state index contributed by atoms with van der Waals surface area (Å²) in [6, 6.07) is 8.28. The third-order valence-electron chi connectivity index (χ3n) is 6.43. The van der Waals surface area contributed by atoms with E-state index in [9.17, 15) is 4.79 Å². The zero-order valence-electron chi connectivity index (χ0n) is 14.3. The van der Waals surface area contributed by atoms with Crippen LogP contribution in [0.4, 0.5) is 0 Å². The highest BCUT2D eigenvalue weighted by atomic mass is 16.1. The first-order valence-corrected chi connectivity index (χ1v) is 9.35. The number of nitrogens with one attached hydrogen (secondary N) is 2. The van der Waals surface area contributed by atoms with Crippen molar-refractivity contribution in [2.24, 2.45) is 5.41 Å². The third-order valence-corrected chi connectivity index (χ3v) is 6.43. The standard InChI is InChI=1S/C19H23N5O/c25-16(20-15-5-2-6-18(12-15)7-8-18)13-3-1-4-14(11-13)19(9-10-19)17-21-23-24-22-17/h1,3-4,11,15H,2,5-10,12H2,(H,20,25)(H,21,22,23,24). The fourth-order valence-electron chi connectivity index (χ4n) is 4.56. The molecule has 6 nitrogen and oxygen atoms in total. The Bertz CT molecular complexity index is 792. The summed E-state index contributed by atoms with van der Waals surface area (Å²) in [6.45, 7) is 0. The van der Waals surface area contributed by atoms with Gasteiger partial charge in [-0.15, -0.1) is 10.2 Å². The summed E-state index contributed by atoms with van der Waals surface area (Å²) in [6.07, 6.45) is 9.56. The molecule has 0 bridgehead atoms. The van der Waals surface area contributed by atoms with Gasteiger partial charge in [0, 0.05) is 11.6 Å². The van der Waals surface area contributed by atoms with E-state index in [1.54, 1.807) is 0 Å². The Hall–Kier alpha value is -2.24. The lowest BCUT2D eigenvalue weighted by Crippen LogP contribution is -2.39. The second-order valence-corrected chi connectivity index (χ2v) is 8.17. The fourth-order valence-corrected chi connectivity index (χ4v) is 4.56. The Kier molecular flexibility index (Phi) is 3.24. The molecule has 1 aromatic heterocycles. The number of hydrogen-bond donors (Lipinski definition) is 2. The van der Waals surface area contributed by atoms with E-state index in [2.05, 4.69) is 32.0 Å². The average Bonchev–Trinajstić information content (AvgIpc) is 3.54. The summed E-state index contributed by atoms with van der Waals surface area (Å²) >= 11 is 0. The molecule has 25 heavy (non-hydrogen) atoms. The Balaban J connectivity index is 1.34. The zero-order valence-corrected chi connectivity index (χ0v) is 14.3. The van der Waals surface area contributed by atoms with Crippen LogP contribution in [-0.4, -0.2) is 32.6 Å². The average molecular weight is 337 g/mol. The number of H-pyrrole nitrogens is 1. The van der Waals surface area contributed by atoms with E-state index in [0.29, 0.717) is 11.5 Å². The first-order valence-electron chi connectivity index (χ1n) is 9.35. The first-order chi connectivity index (χ1) is 12.2. The van der Waals surface area contributed by atoms with Gasteiger partial charge in [0.25, 0.3) is 5.91 Å². The number of hydrogen-bond acceptors (Lipinski definition) is 4. The monoisotopic (exact) mass is 337 g/mol. The van der Waals surface area contributed by atoms with Crippen LogP contribution in [0.1, 0.15) is 73.1 Å². The van der Waals surface area contributed by atoms with Gasteiger partial charge in [-0.25, -0.2) is 0 Å². The summed E-state index contributed by atoms with van der Waals surface area (Å²) in [4.78, 5) is 12.8. The molecule has 0 aliphatic heterocycles. The minimum atomic E-state index is -0.161. The van der Waals surface area contributed by atoms with E-state index in [4.69, 9.17) is 0 Å². The number of tetrazole rings is 1. The van der Waals surface area contributed by atoms with Crippen molar-refractivity contribution in [3.05, 3.63) is 41.2 Å². The van der Waals surface area contributed by atoms with Gasteiger partial charge in [0.05, 0.1) is 5.41 Å². The van der Waals surface area contributed by atoms with Crippen LogP contribution in [0, 0.1) is 5.41 Å². The number of nitrogens with zero attached hydrogens (tertiary/aromatic N) is 3. The van der Waals surface area contributed by atoms with E-state index in [1.807, 2.05) is 18.2 Å². The molecule has 0 radical (unpaired) electrons. The maximum Gasteiger partial charge on any atom is 0.251 e. The number of benzene rings is 1. The molecule has 5 rings (SSSR count). The number of carbonyl (C=O) groups excluding carboxylic acids is 1. The number of aromatic amines is 1. The molecule has 6 heteroatoms. The lowest BCUT2D eigenvalue weighted by atomic mass is 9.83. The summed E-state index contributed by atoms with van der Waals surface area (Å²) in [5.41, 5.74) is 2.26. The quantitative estimate of drug-likeness (QED) is 0.898. The van der Waals surface area contributed by atoms with Gasteiger partial charge in [-0.2, -0.15) is 5.21 Å². The highest BCUT2D eigenvalue weighted by molar-refractivity contribution is 5.94. The van der Waals surface area contributed by atoms with Gasteiger partial charge in [-0.3, -0.25) is 4.79 Å². The Morgan fingerprint density at radius 1 is 1.20 bits per heavy atom. The van der Waals surface area contributed by atoms with Crippen molar-refractivity contribution in [2.45, 2.75) is 62.8 Å². The SMILES string of the molecule is O=C(NC1CCCC2(CC2)C1)c1cccc(C2(c3nn[nH]n3)CC2)c1. The van der Waals surface area contributed by atoms with E-state index in [-0.39, 0.29) is 11.3 Å². The molecule has 1 atom stereocenters. The highest BCUT2D eigenvalue weighted by Gasteiger charge is 2.50. The molecule has 1 unspecified atom stereocenters. The van der Waals surface area contributed by atoms with Gasteiger partial charge in [0.15, 0.2) is 5.82 Å². The second kappa shape index (κ2) is 5.38. The van der Waals surface area contributed by atoms with Crippen molar-refractivity contribution in [2.75, 3.05) is 0 Å². The molecule has 2 N–H and O–H groups in total. The van der Waals surface area contributed by atoms with Crippen LogP contribution in [-0.2, 0) is 5.41 Å². The van der Waals surface area contributed by atoms with Crippen molar-refractivity contribution in [3.8, 4) is 0 Å². The van der Waals surface area contributed by atoms with E-state index in [1.165, 1.54) is 25.7 Å². The zero-order chi connectivity index (χ0) is 16.9. The van der Waals surface area contributed by atoms with Crippen molar-refractivity contribution in [1.82, 2.24) is 25.9 Å². The van der Waals surface area contributed by atoms with Crippen LogP contribution in [0.25, 0.3) is 0 Å². The molecule has 1 amide bonds. The van der Waals surface area contributed by atoms with E-state index >= 15 is 0 Å². The molecule has 2 aromatic rings. The molecule has 3 saturated carbocycles. The van der Waals surface area contributed by atoms with Crippen molar-refractivity contribution < 1.29 is 4.79 Å². The second-order valence-electron chi connectivity index (χ2n) is 8.17. The summed E-state index contributed by atoms with van der Waals surface area (Å²) in [5, 5.41) is 17.8. The summed E-state index contributed by atoms with van der Waals surface area (Å²) in [5.74, 6) is 0.779. The molecule has 3 fully saturated rings. The lowest BCUT2D eigenvalue weighted by Gasteiger charge is -2.29. The molecule has 1 spiro atoms. The maximum absolute atomic E-state index is 12.8. The predicted molar refractivity (Wildman–Crippen MR) is 92.0 cm³/mol. The van der Waals surface area contributed by atoms with Crippen LogP contribution in [0.15, 0.2) is 24.3 Å². The number of aromatic nitrogens is 4. The Morgan fingerprint density at radius 3 is 2.80 bits per heavy atom. The van der Waals surface area contributed by atoms with Gasteiger partial charge >= 0.3 is 0 Å². The van der Waals surface area contributed by atoms with Crippen molar-refractivity contribution in [3.63, 3.8) is 0 Å². The third kappa shape index (κ3) is 2.64. The minimum absolute atomic E-state index is 0.0495. The molecule has 0 saturated heterocycles. The fraction of sp³-hybridized carbons (Fsp3) is 0.579. The predicted octanol–water partition coefficient (Wildman–Crippen LogP) is 2.73. The highest BCUT2D eigenvalue weighted by Crippen LogP contribution is 2.56. The van der Waals surface area contributed by atoms with E-state index in [0.717, 1.165) is 42.6 Å². The van der Waals surface area contributed by atoms with Gasteiger partial charge in [-0.05, 0) is 68.1 Å². The first kappa shape index (κ1) is 15.0. The van der Waals surface area contributed by atoms with Crippen LogP contribution >= 0.6 is 0 Å². The Morgan fingerprint density at radius 2 is 2.08 bits per heavy atom.